The smallest absolute Gasteiger partial charge is 0.270 e. The number of halogens is 1. The highest BCUT2D eigenvalue weighted by molar-refractivity contribution is 9.10. The van der Waals surface area contributed by atoms with Crippen molar-refractivity contribution in [3.05, 3.63) is 52.1 Å². The van der Waals surface area contributed by atoms with E-state index in [9.17, 15) is 18.0 Å². The fourth-order valence-corrected chi connectivity index (χ4v) is 5.37. The van der Waals surface area contributed by atoms with Gasteiger partial charge in [-0.2, -0.15) is 5.10 Å². The Labute approximate surface area is 213 Å². The minimum Gasteiger partial charge on any atom is -0.356 e. The van der Waals surface area contributed by atoms with Gasteiger partial charge in [-0.1, -0.05) is 15.9 Å². The number of nitrogens with one attached hydrogen (secondary N) is 2. The molecule has 9 nitrogen and oxygen atoms in total. The second-order valence-corrected chi connectivity index (χ2v) is 11.5. The SMILES string of the molecule is CNC(=O)c1c2cc(C3CC3)c(N(CCCNC(C)=O)S(C)(=O)=O)cc2nn1-c1ccc(Br)cc1. The van der Waals surface area contributed by atoms with Crippen molar-refractivity contribution in [1.82, 2.24) is 20.4 Å². The van der Waals surface area contributed by atoms with Gasteiger partial charge in [0.15, 0.2) is 0 Å². The van der Waals surface area contributed by atoms with Gasteiger partial charge in [0, 0.05) is 36.9 Å². The highest BCUT2D eigenvalue weighted by atomic mass is 79.9. The van der Waals surface area contributed by atoms with Gasteiger partial charge in [0.1, 0.15) is 5.69 Å². The molecule has 35 heavy (non-hydrogen) atoms. The number of carbonyl (C=O) groups is 2. The average Bonchev–Trinajstić information content (AvgIpc) is 3.57. The van der Waals surface area contributed by atoms with Gasteiger partial charge in [0.05, 0.1) is 23.1 Å². The minimum absolute atomic E-state index is 0.156. The van der Waals surface area contributed by atoms with Crippen molar-refractivity contribution < 1.29 is 18.0 Å². The summed E-state index contributed by atoms with van der Waals surface area (Å²) in [5.41, 5.74) is 3.11. The van der Waals surface area contributed by atoms with E-state index in [0.29, 0.717) is 40.9 Å². The molecule has 0 radical (unpaired) electrons. The summed E-state index contributed by atoms with van der Waals surface area (Å²) in [5.74, 6) is -0.209. The monoisotopic (exact) mass is 561 g/mol. The fourth-order valence-electron chi connectivity index (χ4n) is 4.13. The van der Waals surface area contributed by atoms with Crippen LogP contribution >= 0.6 is 15.9 Å². The summed E-state index contributed by atoms with van der Waals surface area (Å²) in [6.07, 6.45) is 3.56. The number of hydrogen-bond acceptors (Lipinski definition) is 5. The Balaban J connectivity index is 1.86. The molecule has 1 saturated carbocycles. The Kier molecular flexibility index (Phi) is 7.18. The van der Waals surface area contributed by atoms with Crippen LogP contribution in [0, 0.1) is 0 Å². The second kappa shape index (κ2) is 9.98. The van der Waals surface area contributed by atoms with Crippen molar-refractivity contribution in [3.8, 4) is 5.69 Å². The lowest BCUT2D eigenvalue weighted by atomic mass is 10.0. The summed E-state index contributed by atoms with van der Waals surface area (Å²) in [6, 6.07) is 11.1. The third-order valence-electron chi connectivity index (χ3n) is 5.93. The maximum atomic E-state index is 12.9. The molecule has 11 heteroatoms. The van der Waals surface area contributed by atoms with E-state index in [2.05, 4.69) is 26.6 Å². The van der Waals surface area contributed by atoms with Gasteiger partial charge in [-0.3, -0.25) is 13.9 Å². The molecule has 1 heterocycles. The van der Waals surface area contributed by atoms with Gasteiger partial charge in [0.25, 0.3) is 5.91 Å². The van der Waals surface area contributed by atoms with Crippen molar-refractivity contribution in [2.45, 2.75) is 32.1 Å². The standard InChI is InChI=1S/C24H28BrN5O4S/c1-15(31)27-11-4-12-29(35(3,33)34)22-14-21-20(13-19(22)16-5-6-16)23(24(32)26-2)30(28-21)18-9-7-17(25)8-10-18/h7-10,13-14,16H,4-6,11-12H2,1-3H3,(H,26,32)(H,27,31). The molecule has 1 fully saturated rings. The molecule has 0 saturated heterocycles. The first kappa shape index (κ1) is 25.2. The lowest BCUT2D eigenvalue weighted by molar-refractivity contribution is -0.118. The molecule has 2 aromatic carbocycles. The van der Waals surface area contributed by atoms with Crippen LogP contribution in [0.15, 0.2) is 40.9 Å². The van der Waals surface area contributed by atoms with E-state index in [1.54, 1.807) is 17.8 Å². The summed E-state index contributed by atoms with van der Waals surface area (Å²) in [5, 5.41) is 10.8. The summed E-state index contributed by atoms with van der Waals surface area (Å²) < 4.78 is 29.5. The number of benzene rings is 2. The molecule has 3 aromatic rings. The Bertz CT molecular complexity index is 1380. The van der Waals surface area contributed by atoms with Crippen molar-refractivity contribution in [1.29, 1.82) is 0 Å². The molecule has 2 N–H and O–H groups in total. The number of sulfonamides is 1. The highest BCUT2D eigenvalue weighted by Gasteiger charge is 2.32. The van der Waals surface area contributed by atoms with Crippen LogP contribution in [0.4, 0.5) is 5.69 Å². The maximum absolute atomic E-state index is 12.9. The van der Waals surface area contributed by atoms with Crippen LogP contribution in [0.5, 0.6) is 0 Å². The lowest BCUT2D eigenvalue weighted by Gasteiger charge is -2.25. The highest BCUT2D eigenvalue weighted by Crippen LogP contribution is 2.46. The van der Waals surface area contributed by atoms with Crippen LogP contribution in [0.3, 0.4) is 0 Å². The molecular weight excluding hydrogens is 534 g/mol. The maximum Gasteiger partial charge on any atom is 0.270 e. The van der Waals surface area contributed by atoms with Gasteiger partial charge in [0.2, 0.25) is 15.9 Å². The summed E-state index contributed by atoms with van der Waals surface area (Å²) in [4.78, 5) is 24.1. The largest absolute Gasteiger partial charge is 0.356 e. The van der Waals surface area contributed by atoms with E-state index in [4.69, 9.17) is 5.10 Å². The Morgan fingerprint density at radius 2 is 1.89 bits per heavy atom. The van der Waals surface area contributed by atoms with E-state index in [-0.39, 0.29) is 24.3 Å². The number of rotatable bonds is 9. The van der Waals surface area contributed by atoms with Crippen molar-refractivity contribution in [3.63, 3.8) is 0 Å². The van der Waals surface area contributed by atoms with E-state index in [1.807, 2.05) is 30.3 Å². The zero-order valence-electron chi connectivity index (χ0n) is 19.8. The van der Waals surface area contributed by atoms with E-state index in [1.165, 1.54) is 17.5 Å². The third-order valence-corrected chi connectivity index (χ3v) is 7.64. The van der Waals surface area contributed by atoms with Crippen LogP contribution in [-0.4, -0.2) is 56.4 Å². The molecule has 1 aliphatic rings. The predicted molar refractivity (Wildman–Crippen MR) is 140 cm³/mol. The van der Waals surface area contributed by atoms with Crippen LogP contribution < -0.4 is 14.9 Å². The van der Waals surface area contributed by atoms with Gasteiger partial charge in [-0.05, 0) is 67.1 Å². The van der Waals surface area contributed by atoms with Gasteiger partial charge in [-0.25, -0.2) is 13.1 Å². The molecule has 0 bridgehead atoms. The fraction of sp³-hybridized carbons (Fsp3) is 0.375. The molecule has 2 amide bonds. The number of anilines is 1. The first-order valence-electron chi connectivity index (χ1n) is 11.4. The average molecular weight is 562 g/mol. The minimum atomic E-state index is -3.60. The normalized spacial score (nSPS) is 13.6. The number of hydrogen-bond donors (Lipinski definition) is 2. The molecule has 0 unspecified atom stereocenters. The molecule has 0 spiro atoms. The van der Waals surface area contributed by atoms with Crippen LogP contribution in [0.1, 0.15) is 48.2 Å². The topological polar surface area (TPSA) is 113 Å². The summed E-state index contributed by atoms with van der Waals surface area (Å²) in [7, 11) is -2.02. The van der Waals surface area contributed by atoms with E-state index < -0.39 is 10.0 Å². The first-order valence-corrected chi connectivity index (χ1v) is 14.0. The third kappa shape index (κ3) is 5.51. The number of aromatic nitrogens is 2. The van der Waals surface area contributed by atoms with Crippen molar-refractivity contribution in [2.75, 3.05) is 30.7 Å². The lowest BCUT2D eigenvalue weighted by Crippen LogP contribution is -2.34. The van der Waals surface area contributed by atoms with Crippen molar-refractivity contribution in [2.24, 2.45) is 0 Å². The first-order chi connectivity index (χ1) is 16.6. The Morgan fingerprint density at radius 1 is 1.20 bits per heavy atom. The van der Waals surface area contributed by atoms with Crippen molar-refractivity contribution >= 4 is 54.4 Å². The quantitative estimate of drug-likeness (QED) is 0.389. The molecule has 0 aliphatic heterocycles. The number of carbonyl (C=O) groups excluding carboxylic acids is 2. The molecule has 1 aliphatic carbocycles. The van der Waals surface area contributed by atoms with Gasteiger partial charge < -0.3 is 10.6 Å². The number of amides is 2. The zero-order chi connectivity index (χ0) is 25.3. The molecule has 186 valence electrons. The number of nitrogens with zero attached hydrogens (tertiary/aromatic N) is 3. The Hall–Kier alpha value is -2.92. The summed E-state index contributed by atoms with van der Waals surface area (Å²) in [6.45, 7) is 2.03. The Morgan fingerprint density at radius 3 is 2.46 bits per heavy atom. The number of fused-ring (bicyclic) bond motifs is 1. The van der Waals surface area contributed by atoms with E-state index in [0.717, 1.165) is 22.9 Å². The molecule has 1 aromatic heterocycles. The molecular formula is C24H28BrN5O4S. The van der Waals surface area contributed by atoms with Gasteiger partial charge >= 0.3 is 0 Å². The molecule has 0 atom stereocenters. The second-order valence-electron chi connectivity index (χ2n) is 8.69. The van der Waals surface area contributed by atoms with Crippen LogP contribution in [0.25, 0.3) is 16.6 Å². The summed E-state index contributed by atoms with van der Waals surface area (Å²) >= 11 is 3.43. The molecule has 4 rings (SSSR count). The van der Waals surface area contributed by atoms with Crippen LogP contribution in [-0.2, 0) is 14.8 Å². The van der Waals surface area contributed by atoms with Crippen LogP contribution in [0.2, 0.25) is 0 Å². The zero-order valence-corrected chi connectivity index (χ0v) is 22.2. The predicted octanol–water partition coefficient (Wildman–Crippen LogP) is 3.32. The van der Waals surface area contributed by atoms with Gasteiger partial charge in [-0.15, -0.1) is 0 Å². The van der Waals surface area contributed by atoms with E-state index >= 15 is 0 Å².